The Bertz CT molecular complexity index is 1330. The molecule has 1 atom stereocenters. The van der Waals surface area contributed by atoms with Crippen molar-refractivity contribution in [2.75, 3.05) is 18.4 Å². The van der Waals surface area contributed by atoms with Gasteiger partial charge in [-0.3, -0.25) is 9.69 Å². The number of imide groups is 1. The third-order valence-corrected chi connectivity index (χ3v) is 7.87. The number of alkyl halides is 6. The zero-order valence-corrected chi connectivity index (χ0v) is 26.4. The van der Waals surface area contributed by atoms with Crippen molar-refractivity contribution in [3.8, 4) is 5.75 Å². The van der Waals surface area contributed by atoms with E-state index in [0.29, 0.717) is 29.8 Å². The summed E-state index contributed by atoms with van der Waals surface area (Å²) in [5, 5.41) is 16.0. The zero-order chi connectivity index (χ0) is 34.1. The first-order valence-electron chi connectivity index (χ1n) is 14.8. The molecule has 1 saturated heterocycles. The van der Waals surface area contributed by atoms with Crippen LogP contribution in [0.3, 0.4) is 0 Å². The molecule has 45 heavy (non-hydrogen) atoms. The van der Waals surface area contributed by atoms with Gasteiger partial charge in [-0.05, 0) is 86.4 Å². The van der Waals surface area contributed by atoms with Crippen molar-refractivity contribution >= 4 is 17.6 Å². The summed E-state index contributed by atoms with van der Waals surface area (Å²) in [4.78, 5) is 27.2. The smallest absolute Gasteiger partial charge is 0.430 e. The number of aliphatic hydroxyl groups is 1. The maximum absolute atomic E-state index is 13.7. The maximum Gasteiger partial charge on any atom is 0.430 e. The first-order chi connectivity index (χ1) is 20.6. The number of urea groups is 1. The SMILES string of the molecule is CC(C)Oc1ccc(C2(C)NC(=O)N(CCCCNc3c(C(C)C)cc(C(O)(C(F)(F)F)C(F)(F)F)cc3C(C)C)C2=O)cc1. The summed E-state index contributed by atoms with van der Waals surface area (Å²) in [7, 11) is 0. The molecule has 2 aromatic carbocycles. The first kappa shape index (κ1) is 36.0. The van der Waals surface area contributed by atoms with Crippen molar-refractivity contribution < 1.29 is 45.8 Å². The van der Waals surface area contributed by atoms with Gasteiger partial charge in [-0.25, -0.2) is 4.79 Å². The molecule has 250 valence electrons. The monoisotopic (exact) mass is 645 g/mol. The molecule has 2 aromatic rings. The van der Waals surface area contributed by atoms with Crippen molar-refractivity contribution in [2.45, 2.75) is 103 Å². The van der Waals surface area contributed by atoms with Crippen LogP contribution < -0.4 is 15.4 Å². The predicted molar refractivity (Wildman–Crippen MR) is 158 cm³/mol. The van der Waals surface area contributed by atoms with E-state index in [1.807, 2.05) is 13.8 Å². The number of unbranched alkanes of at least 4 members (excludes halogenated alkanes) is 1. The summed E-state index contributed by atoms with van der Waals surface area (Å²) >= 11 is 0. The van der Waals surface area contributed by atoms with Crippen LogP contribution in [-0.2, 0) is 15.9 Å². The van der Waals surface area contributed by atoms with Gasteiger partial charge in [0.25, 0.3) is 11.5 Å². The van der Waals surface area contributed by atoms with Crippen molar-refractivity contribution in [3.05, 3.63) is 58.7 Å². The minimum absolute atomic E-state index is 0.0266. The lowest BCUT2D eigenvalue weighted by atomic mass is 9.83. The highest BCUT2D eigenvalue weighted by atomic mass is 19.4. The molecule has 1 aliphatic rings. The minimum atomic E-state index is -6.00. The van der Waals surface area contributed by atoms with Crippen molar-refractivity contribution in [1.29, 1.82) is 0 Å². The van der Waals surface area contributed by atoms with E-state index in [-0.39, 0.29) is 30.3 Å². The molecule has 0 aliphatic carbocycles. The molecule has 3 amide bonds. The van der Waals surface area contributed by atoms with E-state index < -0.39 is 52.8 Å². The van der Waals surface area contributed by atoms with Gasteiger partial charge in [-0.15, -0.1) is 0 Å². The largest absolute Gasteiger partial charge is 0.491 e. The number of nitrogens with zero attached hydrogens (tertiary/aromatic N) is 1. The quantitative estimate of drug-likeness (QED) is 0.125. The third-order valence-electron chi connectivity index (χ3n) is 7.87. The number of hydrogen-bond donors (Lipinski definition) is 3. The van der Waals surface area contributed by atoms with Gasteiger partial charge in [0.1, 0.15) is 11.3 Å². The van der Waals surface area contributed by atoms with Gasteiger partial charge in [-0.1, -0.05) is 39.8 Å². The number of benzene rings is 2. The van der Waals surface area contributed by atoms with Crippen LogP contribution in [0.4, 0.5) is 36.8 Å². The topological polar surface area (TPSA) is 90.9 Å². The van der Waals surface area contributed by atoms with Crippen LogP contribution in [0.1, 0.15) is 95.4 Å². The van der Waals surface area contributed by atoms with Gasteiger partial charge in [-0.2, -0.15) is 26.3 Å². The van der Waals surface area contributed by atoms with Gasteiger partial charge in [0.2, 0.25) is 0 Å². The second-order valence-electron chi connectivity index (χ2n) is 12.4. The Morgan fingerprint density at radius 1 is 0.889 bits per heavy atom. The van der Waals surface area contributed by atoms with Crippen LogP contribution in [0.25, 0.3) is 0 Å². The van der Waals surface area contributed by atoms with Gasteiger partial charge in [0.15, 0.2) is 0 Å². The van der Waals surface area contributed by atoms with E-state index in [4.69, 9.17) is 4.74 Å². The standard InChI is InChI=1S/C32H41F6N3O4/c1-18(2)24-16-22(30(44,31(33,34)35)32(36,37)38)17-25(19(3)4)26(24)39-14-8-9-15-41-27(42)29(7,40-28(41)43)21-10-12-23(13-11-21)45-20(5)6/h10-13,16-20,39,44H,8-9,14-15H2,1-7H3,(H,40,43). The fourth-order valence-corrected chi connectivity index (χ4v) is 5.34. The summed E-state index contributed by atoms with van der Waals surface area (Å²) in [5.41, 5.74) is -6.22. The molecule has 0 spiro atoms. The van der Waals surface area contributed by atoms with Crippen molar-refractivity contribution in [1.82, 2.24) is 10.2 Å². The fraction of sp³-hybridized carbons (Fsp3) is 0.562. The number of rotatable bonds is 12. The van der Waals surface area contributed by atoms with Crippen LogP contribution in [0.5, 0.6) is 5.75 Å². The van der Waals surface area contributed by atoms with Crippen molar-refractivity contribution in [2.24, 2.45) is 0 Å². The average molecular weight is 646 g/mol. The Hall–Kier alpha value is -3.48. The first-order valence-corrected chi connectivity index (χ1v) is 14.8. The summed E-state index contributed by atoms with van der Waals surface area (Å²) in [6.07, 6.45) is -11.2. The van der Waals surface area contributed by atoms with Gasteiger partial charge in [0.05, 0.1) is 6.10 Å². The molecule has 1 fully saturated rings. The predicted octanol–water partition coefficient (Wildman–Crippen LogP) is 7.69. The normalized spacial score (nSPS) is 17.9. The Kier molecular flexibility index (Phi) is 10.5. The van der Waals surface area contributed by atoms with Crippen LogP contribution in [0.2, 0.25) is 0 Å². The fourth-order valence-electron chi connectivity index (χ4n) is 5.34. The van der Waals surface area contributed by atoms with Gasteiger partial charge in [0, 0.05) is 24.3 Å². The highest BCUT2D eigenvalue weighted by Gasteiger charge is 2.71. The van der Waals surface area contributed by atoms with E-state index in [9.17, 15) is 41.0 Å². The lowest BCUT2D eigenvalue weighted by Crippen LogP contribution is -2.54. The van der Waals surface area contributed by atoms with E-state index in [0.717, 1.165) is 17.0 Å². The summed E-state index contributed by atoms with van der Waals surface area (Å²) in [6.45, 7) is 12.3. The molecule has 3 rings (SSSR count). The van der Waals surface area contributed by atoms with E-state index in [1.54, 1.807) is 58.9 Å². The number of carbonyl (C=O) groups is 2. The number of carbonyl (C=O) groups excluding carboxylic acids is 2. The summed E-state index contributed by atoms with van der Waals surface area (Å²) in [6, 6.07) is 7.87. The minimum Gasteiger partial charge on any atom is -0.491 e. The molecule has 1 aliphatic heterocycles. The number of nitrogens with one attached hydrogen (secondary N) is 2. The molecule has 1 heterocycles. The second kappa shape index (κ2) is 13.1. The molecule has 1 unspecified atom stereocenters. The Morgan fingerprint density at radius 2 is 1.40 bits per heavy atom. The number of halogens is 6. The number of amides is 3. The molecule has 0 saturated carbocycles. The van der Waals surface area contributed by atoms with Crippen LogP contribution in [0.15, 0.2) is 36.4 Å². The number of hydrogen-bond acceptors (Lipinski definition) is 5. The molecular formula is C32H41F6N3O4. The van der Waals surface area contributed by atoms with E-state index in [1.165, 1.54) is 0 Å². The molecule has 13 heteroatoms. The van der Waals surface area contributed by atoms with Gasteiger partial charge >= 0.3 is 18.4 Å². The zero-order valence-electron chi connectivity index (χ0n) is 26.4. The lowest BCUT2D eigenvalue weighted by molar-refractivity contribution is -0.376. The van der Waals surface area contributed by atoms with Crippen LogP contribution >= 0.6 is 0 Å². The second-order valence-corrected chi connectivity index (χ2v) is 12.4. The number of anilines is 1. The Morgan fingerprint density at radius 3 is 1.84 bits per heavy atom. The van der Waals surface area contributed by atoms with Crippen LogP contribution in [0, 0.1) is 0 Å². The van der Waals surface area contributed by atoms with Crippen molar-refractivity contribution in [3.63, 3.8) is 0 Å². The molecule has 0 aromatic heterocycles. The molecule has 7 nitrogen and oxygen atoms in total. The molecule has 0 radical (unpaired) electrons. The maximum atomic E-state index is 13.7. The van der Waals surface area contributed by atoms with Crippen LogP contribution in [-0.4, -0.2) is 53.5 Å². The summed E-state index contributed by atoms with van der Waals surface area (Å²) < 4.78 is 87.7. The highest BCUT2D eigenvalue weighted by molar-refractivity contribution is 6.07. The van der Waals surface area contributed by atoms with E-state index >= 15 is 0 Å². The van der Waals surface area contributed by atoms with E-state index in [2.05, 4.69) is 10.6 Å². The third kappa shape index (κ3) is 7.18. The van der Waals surface area contributed by atoms with Gasteiger partial charge < -0.3 is 20.5 Å². The Balaban J connectivity index is 1.74. The Labute approximate surface area is 259 Å². The molecule has 0 bridgehead atoms. The average Bonchev–Trinajstić information content (AvgIpc) is 3.14. The molecule has 3 N–H and O–H groups in total. The highest BCUT2D eigenvalue weighted by Crippen LogP contribution is 2.51. The molecular weight excluding hydrogens is 604 g/mol. The number of ether oxygens (including phenoxy) is 1. The summed E-state index contributed by atoms with van der Waals surface area (Å²) in [5.74, 6) is -0.749. The lowest BCUT2D eigenvalue weighted by Gasteiger charge is -2.34.